The first-order chi connectivity index (χ1) is 13.0. The fourth-order valence-electron chi connectivity index (χ4n) is 2.52. The van der Waals surface area contributed by atoms with E-state index in [1.807, 2.05) is 12.1 Å². The number of sulfonamides is 1. The second-order valence-corrected chi connectivity index (χ2v) is 9.68. The number of hydrogen-bond donors (Lipinski definition) is 3. The number of benzene rings is 1. The third-order valence-electron chi connectivity index (χ3n) is 4.32. The molecule has 1 aromatic carbocycles. The number of hydrogen-bond acceptors (Lipinski definition) is 5. The molecule has 0 saturated carbocycles. The van der Waals surface area contributed by atoms with Gasteiger partial charge in [0.25, 0.3) is 0 Å². The number of nitrogens with zero attached hydrogens (tertiary/aromatic N) is 2. The van der Waals surface area contributed by atoms with E-state index in [4.69, 9.17) is 12.2 Å². The Labute approximate surface area is 170 Å². The predicted octanol–water partition coefficient (Wildman–Crippen LogP) is 1.80. The second kappa shape index (κ2) is 8.97. The molecule has 0 aliphatic rings. The summed E-state index contributed by atoms with van der Waals surface area (Å²) in [5.74, 6) is 0.507. The summed E-state index contributed by atoms with van der Waals surface area (Å²) in [6.45, 7) is 6.62. The van der Waals surface area contributed by atoms with E-state index in [1.165, 1.54) is 0 Å². The van der Waals surface area contributed by atoms with E-state index >= 15 is 0 Å². The van der Waals surface area contributed by atoms with Crippen molar-refractivity contribution < 1.29 is 13.2 Å². The molecule has 1 heterocycles. The highest BCUT2D eigenvalue weighted by molar-refractivity contribution is 7.89. The molecule has 0 spiro atoms. The molecule has 2 rings (SSSR count). The van der Waals surface area contributed by atoms with Crippen LogP contribution in [0, 0.1) is 4.77 Å². The van der Waals surface area contributed by atoms with Crippen LogP contribution in [-0.4, -0.2) is 42.2 Å². The van der Waals surface area contributed by atoms with Crippen molar-refractivity contribution in [3.8, 4) is 0 Å². The van der Waals surface area contributed by atoms with Crippen LogP contribution in [-0.2, 0) is 33.7 Å². The highest BCUT2D eigenvalue weighted by atomic mass is 32.2. The van der Waals surface area contributed by atoms with Gasteiger partial charge in [-0.15, -0.1) is 0 Å². The van der Waals surface area contributed by atoms with Gasteiger partial charge in [0, 0.05) is 33.0 Å². The summed E-state index contributed by atoms with van der Waals surface area (Å²) >= 11 is 5.03. The van der Waals surface area contributed by atoms with E-state index in [0.717, 1.165) is 11.4 Å². The van der Waals surface area contributed by atoms with Gasteiger partial charge in [-0.05, 0) is 35.3 Å². The minimum atomic E-state index is -3.64. The zero-order valence-corrected chi connectivity index (χ0v) is 18.2. The van der Waals surface area contributed by atoms with Gasteiger partial charge in [0.1, 0.15) is 5.82 Å². The van der Waals surface area contributed by atoms with Crippen molar-refractivity contribution in [2.24, 2.45) is 7.05 Å². The fraction of sp³-hybridized carbons (Fsp3) is 0.500. The smallest absolute Gasteiger partial charge is 0.240 e. The standard InChI is InChI=1S/C18H27N5O3S2/c1-18(2,3)13-5-7-14(8-6-13)28(25,26)20-12-10-16(24)19-11-9-15-21-22-17(27)23(15)4/h5-8,20H,9-12H2,1-4H3,(H,19,24)(H,22,27). The molecule has 0 fully saturated rings. The first-order valence-corrected chi connectivity index (χ1v) is 10.9. The fourth-order valence-corrected chi connectivity index (χ4v) is 3.70. The molecule has 10 heteroatoms. The number of aromatic amines is 1. The summed E-state index contributed by atoms with van der Waals surface area (Å²) < 4.78 is 29.4. The van der Waals surface area contributed by atoms with Gasteiger partial charge in [0.05, 0.1) is 4.90 Å². The predicted molar refractivity (Wildman–Crippen MR) is 110 cm³/mol. The van der Waals surface area contributed by atoms with Crippen LogP contribution in [0.5, 0.6) is 0 Å². The molecule has 8 nitrogen and oxygen atoms in total. The highest BCUT2D eigenvalue weighted by Gasteiger charge is 2.17. The maximum absolute atomic E-state index is 12.3. The van der Waals surface area contributed by atoms with Crippen molar-refractivity contribution in [1.29, 1.82) is 0 Å². The number of carbonyl (C=O) groups excluding carboxylic acids is 1. The van der Waals surface area contributed by atoms with Gasteiger partial charge < -0.3 is 9.88 Å². The molecule has 0 atom stereocenters. The number of H-pyrrole nitrogens is 1. The average molecular weight is 426 g/mol. The molecular formula is C18H27N5O3S2. The molecule has 0 unspecified atom stereocenters. The zero-order valence-electron chi connectivity index (χ0n) is 16.6. The van der Waals surface area contributed by atoms with E-state index < -0.39 is 10.0 Å². The van der Waals surface area contributed by atoms with Crippen LogP contribution in [0.4, 0.5) is 0 Å². The number of aromatic nitrogens is 3. The Kier molecular flexibility index (Phi) is 7.13. The Hall–Kier alpha value is -2.04. The van der Waals surface area contributed by atoms with Crippen molar-refractivity contribution in [3.05, 3.63) is 40.4 Å². The summed E-state index contributed by atoms with van der Waals surface area (Å²) in [4.78, 5) is 12.1. The molecule has 154 valence electrons. The molecule has 3 N–H and O–H groups in total. The van der Waals surface area contributed by atoms with Gasteiger partial charge in [-0.2, -0.15) is 5.10 Å². The third kappa shape index (κ3) is 5.98. The van der Waals surface area contributed by atoms with Crippen molar-refractivity contribution in [1.82, 2.24) is 24.8 Å². The van der Waals surface area contributed by atoms with Crippen LogP contribution in [0.3, 0.4) is 0 Å². The van der Waals surface area contributed by atoms with Crippen molar-refractivity contribution in [3.63, 3.8) is 0 Å². The topological polar surface area (TPSA) is 109 Å². The van der Waals surface area contributed by atoms with Crippen LogP contribution in [0.2, 0.25) is 0 Å². The summed E-state index contributed by atoms with van der Waals surface area (Å²) in [6, 6.07) is 6.79. The quantitative estimate of drug-likeness (QED) is 0.559. The maximum atomic E-state index is 12.3. The van der Waals surface area contributed by atoms with E-state index in [1.54, 1.807) is 23.7 Å². The lowest BCUT2D eigenvalue weighted by Crippen LogP contribution is -2.32. The Bertz CT molecular complexity index is 970. The Morgan fingerprint density at radius 1 is 1.21 bits per heavy atom. The second-order valence-electron chi connectivity index (χ2n) is 7.53. The Balaban J connectivity index is 1.78. The summed E-state index contributed by atoms with van der Waals surface area (Å²) in [6.07, 6.45) is 0.583. The highest BCUT2D eigenvalue weighted by Crippen LogP contribution is 2.23. The van der Waals surface area contributed by atoms with Gasteiger partial charge in [-0.25, -0.2) is 13.1 Å². The zero-order chi connectivity index (χ0) is 20.9. The van der Waals surface area contributed by atoms with Crippen LogP contribution in [0.25, 0.3) is 0 Å². The molecule has 1 amide bonds. The summed E-state index contributed by atoms with van der Waals surface area (Å²) in [7, 11) is -1.85. The van der Waals surface area contributed by atoms with Crippen LogP contribution in [0.15, 0.2) is 29.2 Å². The first-order valence-electron chi connectivity index (χ1n) is 8.98. The van der Waals surface area contributed by atoms with Gasteiger partial charge in [-0.1, -0.05) is 32.9 Å². The Morgan fingerprint density at radius 3 is 2.39 bits per heavy atom. The van der Waals surface area contributed by atoms with Crippen LogP contribution < -0.4 is 10.0 Å². The largest absolute Gasteiger partial charge is 0.356 e. The Morgan fingerprint density at radius 2 is 1.86 bits per heavy atom. The number of nitrogens with one attached hydrogen (secondary N) is 3. The average Bonchev–Trinajstić information content (AvgIpc) is 2.93. The van der Waals surface area contributed by atoms with Crippen molar-refractivity contribution in [2.45, 2.75) is 43.9 Å². The summed E-state index contributed by atoms with van der Waals surface area (Å²) in [5, 5.41) is 9.49. The molecule has 0 saturated heterocycles. The molecule has 0 bridgehead atoms. The lowest BCUT2D eigenvalue weighted by Gasteiger charge is -2.19. The van der Waals surface area contributed by atoms with E-state index in [2.05, 4.69) is 41.0 Å². The summed E-state index contributed by atoms with van der Waals surface area (Å²) in [5.41, 5.74) is 1.01. The minimum absolute atomic E-state index is 0.0294. The molecular weight excluding hydrogens is 398 g/mol. The SMILES string of the molecule is Cn1c(CCNC(=O)CCNS(=O)(=O)c2ccc(C(C)(C)C)cc2)n[nH]c1=S. The van der Waals surface area contributed by atoms with Gasteiger partial charge in [-0.3, -0.25) is 9.89 Å². The third-order valence-corrected chi connectivity index (χ3v) is 6.16. The normalized spacial score (nSPS) is 12.1. The van der Waals surface area contributed by atoms with E-state index in [9.17, 15) is 13.2 Å². The molecule has 2 aromatic rings. The lowest BCUT2D eigenvalue weighted by atomic mass is 9.87. The number of amides is 1. The van der Waals surface area contributed by atoms with Gasteiger partial charge >= 0.3 is 0 Å². The van der Waals surface area contributed by atoms with Gasteiger partial charge in [0.15, 0.2) is 4.77 Å². The van der Waals surface area contributed by atoms with E-state index in [0.29, 0.717) is 17.7 Å². The molecule has 0 aliphatic carbocycles. The van der Waals surface area contributed by atoms with Crippen molar-refractivity contribution in [2.75, 3.05) is 13.1 Å². The molecule has 0 aliphatic heterocycles. The number of carbonyl (C=O) groups is 1. The van der Waals surface area contributed by atoms with Crippen LogP contribution >= 0.6 is 12.2 Å². The van der Waals surface area contributed by atoms with Gasteiger partial charge in [0.2, 0.25) is 15.9 Å². The first kappa shape index (κ1) is 22.3. The van der Waals surface area contributed by atoms with E-state index in [-0.39, 0.29) is 29.2 Å². The molecule has 28 heavy (non-hydrogen) atoms. The van der Waals surface area contributed by atoms with Crippen molar-refractivity contribution >= 4 is 28.1 Å². The monoisotopic (exact) mass is 425 g/mol. The maximum Gasteiger partial charge on any atom is 0.240 e. The van der Waals surface area contributed by atoms with Crippen LogP contribution in [0.1, 0.15) is 38.6 Å². The number of rotatable bonds is 8. The molecule has 1 aromatic heterocycles. The lowest BCUT2D eigenvalue weighted by molar-refractivity contribution is -0.120. The molecule has 0 radical (unpaired) electrons. The minimum Gasteiger partial charge on any atom is -0.356 e.